The monoisotopic (exact) mass is 447 g/mol. The Labute approximate surface area is 185 Å². The first-order valence-corrected chi connectivity index (χ1v) is 13.5. The Morgan fingerprint density at radius 3 is 2.55 bits per heavy atom. The van der Waals surface area contributed by atoms with E-state index in [9.17, 15) is 13.2 Å². The number of carbonyl (C=O) groups is 1. The van der Waals surface area contributed by atoms with Crippen LogP contribution in [0.25, 0.3) is 0 Å². The van der Waals surface area contributed by atoms with E-state index in [1.54, 1.807) is 4.31 Å². The normalized spacial score (nSPS) is 27.8. The first-order valence-electron chi connectivity index (χ1n) is 11.7. The summed E-state index contributed by atoms with van der Waals surface area (Å²) in [6, 6.07) is 6.24. The van der Waals surface area contributed by atoms with Gasteiger partial charge in [0.2, 0.25) is 15.9 Å². The number of ether oxygens (including phenoxy) is 1. The van der Waals surface area contributed by atoms with Gasteiger partial charge in [-0.25, -0.2) is 8.42 Å². The molecule has 7 nitrogen and oxygen atoms in total. The third-order valence-electron chi connectivity index (χ3n) is 7.63. The molecule has 4 aliphatic rings. The van der Waals surface area contributed by atoms with Gasteiger partial charge in [-0.15, -0.1) is 0 Å². The number of nitrogens with one attached hydrogen (secondary N) is 1. The van der Waals surface area contributed by atoms with Crippen LogP contribution in [0.4, 0.5) is 11.4 Å². The number of benzene rings is 1. The first-order chi connectivity index (χ1) is 14.9. The average molecular weight is 448 g/mol. The van der Waals surface area contributed by atoms with Crippen LogP contribution in [0.3, 0.4) is 0 Å². The molecule has 0 spiro atoms. The molecule has 1 saturated carbocycles. The number of likely N-dealkylation sites (tertiary alicyclic amines) is 1. The third-order valence-corrected chi connectivity index (χ3v) is 8.81. The Balaban J connectivity index is 1.42. The first kappa shape index (κ1) is 21.2. The number of sulfonamides is 1. The summed E-state index contributed by atoms with van der Waals surface area (Å²) in [4.78, 5) is 15.2. The van der Waals surface area contributed by atoms with Crippen LogP contribution in [-0.2, 0) is 19.6 Å². The van der Waals surface area contributed by atoms with E-state index in [0.717, 1.165) is 88.2 Å². The van der Waals surface area contributed by atoms with Crippen LogP contribution in [0.15, 0.2) is 18.2 Å². The number of amides is 1. The highest BCUT2D eigenvalue weighted by Crippen LogP contribution is 2.47. The van der Waals surface area contributed by atoms with E-state index in [1.807, 2.05) is 18.2 Å². The number of nitrogens with zero attached hydrogens (tertiary/aromatic N) is 2. The SMILES string of the molecule is CS(=O)(=O)N1c2ccc(NC(=O)C3CCCC3)cc2C2CN(C3CCOCC3)CCC21. The minimum atomic E-state index is -3.37. The smallest absolute Gasteiger partial charge is 0.232 e. The van der Waals surface area contributed by atoms with Gasteiger partial charge in [-0.05, 0) is 55.9 Å². The number of fused-ring (bicyclic) bond motifs is 3. The lowest BCUT2D eigenvalue weighted by Crippen LogP contribution is -2.51. The molecule has 1 aromatic carbocycles. The summed E-state index contributed by atoms with van der Waals surface area (Å²) in [7, 11) is -3.37. The number of rotatable bonds is 4. The largest absolute Gasteiger partial charge is 0.381 e. The van der Waals surface area contributed by atoms with Crippen LogP contribution < -0.4 is 9.62 Å². The van der Waals surface area contributed by atoms with E-state index in [2.05, 4.69) is 10.2 Å². The Morgan fingerprint density at radius 2 is 1.84 bits per heavy atom. The van der Waals surface area contributed by atoms with E-state index in [4.69, 9.17) is 4.74 Å². The molecule has 3 heterocycles. The number of carbonyl (C=O) groups excluding carboxylic acids is 1. The molecule has 1 aromatic rings. The minimum absolute atomic E-state index is 0.0399. The minimum Gasteiger partial charge on any atom is -0.381 e. The molecule has 170 valence electrons. The zero-order valence-corrected chi connectivity index (χ0v) is 19.1. The molecule has 3 aliphatic heterocycles. The van der Waals surface area contributed by atoms with Crippen molar-refractivity contribution in [1.29, 1.82) is 0 Å². The van der Waals surface area contributed by atoms with Crippen molar-refractivity contribution < 1.29 is 17.9 Å². The second kappa shape index (κ2) is 8.37. The van der Waals surface area contributed by atoms with Crippen molar-refractivity contribution in [3.8, 4) is 0 Å². The molecule has 8 heteroatoms. The van der Waals surface area contributed by atoms with Crippen LogP contribution in [0.5, 0.6) is 0 Å². The van der Waals surface area contributed by atoms with Crippen molar-refractivity contribution in [2.24, 2.45) is 5.92 Å². The van der Waals surface area contributed by atoms with Gasteiger partial charge in [0, 0.05) is 49.9 Å². The quantitative estimate of drug-likeness (QED) is 0.768. The number of piperidine rings is 1. The predicted molar refractivity (Wildman–Crippen MR) is 121 cm³/mol. The Bertz CT molecular complexity index is 938. The fraction of sp³-hybridized carbons (Fsp3) is 0.696. The van der Waals surface area contributed by atoms with Gasteiger partial charge in [-0.3, -0.25) is 14.0 Å². The lowest BCUT2D eigenvalue weighted by molar-refractivity contribution is -0.119. The van der Waals surface area contributed by atoms with Crippen molar-refractivity contribution in [2.45, 2.75) is 62.9 Å². The highest BCUT2D eigenvalue weighted by molar-refractivity contribution is 7.92. The molecule has 2 saturated heterocycles. The van der Waals surface area contributed by atoms with Crippen molar-refractivity contribution >= 4 is 27.3 Å². The summed E-state index contributed by atoms with van der Waals surface area (Å²) in [6.45, 7) is 3.38. The van der Waals surface area contributed by atoms with Gasteiger partial charge in [0.25, 0.3) is 0 Å². The third kappa shape index (κ3) is 4.10. The van der Waals surface area contributed by atoms with Gasteiger partial charge in [-0.2, -0.15) is 0 Å². The van der Waals surface area contributed by atoms with E-state index in [-0.39, 0.29) is 23.8 Å². The summed E-state index contributed by atoms with van der Waals surface area (Å²) >= 11 is 0. The number of hydrogen-bond acceptors (Lipinski definition) is 5. The summed E-state index contributed by atoms with van der Waals surface area (Å²) < 4.78 is 32.6. The highest BCUT2D eigenvalue weighted by atomic mass is 32.2. The van der Waals surface area contributed by atoms with Crippen LogP contribution in [0.2, 0.25) is 0 Å². The molecule has 1 amide bonds. The van der Waals surface area contributed by atoms with E-state index >= 15 is 0 Å². The summed E-state index contributed by atoms with van der Waals surface area (Å²) in [6.07, 6.45) is 8.38. The van der Waals surface area contributed by atoms with Gasteiger partial charge in [0.1, 0.15) is 0 Å². The van der Waals surface area contributed by atoms with Gasteiger partial charge < -0.3 is 10.1 Å². The maximum absolute atomic E-state index is 12.7. The van der Waals surface area contributed by atoms with Crippen LogP contribution in [0, 0.1) is 5.92 Å². The molecule has 2 unspecified atom stereocenters. The van der Waals surface area contributed by atoms with E-state index in [0.29, 0.717) is 6.04 Å². The van der Waals surface area contributed by atoms with Gasteiger partial charge >= 0.3 is 0 Å². The predicted octanol–water partition coefficient (Wildman–Crippen LogP) is 2.93. The maximum Gasteiger partial charge on any atom is 0.232 e. The zero-order valence-electron chi connectivity index (χ0n) is 18.3. The highest BCUT2D eigenvalue weighted by Gasteiger charge is 2.46. The van der Waals surface area contributed by atoms with Crippen molar-refractivity contribution in [3.63, 3.8) is 0 Å². The Morgan fingerprint density at radius 1 is 1.10 bits per heavy atom. The second-order valence-electron chi connectivity index (χ2n) is 9.60. The molecule has 0 aromatic heterocycles. The lowest BCUT2D eigenvalue weighted by atomic mass is 9.87. The topological polar surface area (TPSA) is 79.0 Å². The molecule has 3 fully saturated rings. The summed E-state index contributed by atoms with van der Waals surface area (Å²) in [5.74, 6) is 0.330. The lowest BCUT2D eigenvalue weighted by Gasteiger charge is -2.42. The van der Waals surface area contributed by atoms with E-state index in [1.165, 1.54) is 6.26 Å². The fourth-order valence-electron chi connectivity index (χ4n) is 6.10. The number of anilines is 2. The van der Waals surface area contributed by atoms with Gasteiger partial charge in [0.15, 0.2) is 0 Å². The van der Waals surface area contributed by atoms with Crippen molar-refractivity contribution in [3.05, 3.63) is 23.8 Å². The molecule has 5 rings (SSSR count). The maximum atomic E-state index is 12.7. The average Bonchev–Trinajstić information content (AvgIpc) is 3.40. The van der Waals surface area contributed by atoms with Crippen molar-refractivity contribution in [2.75, 3.05) is 42.2 Å². The number of hydrogen-bond donors (Lipinski definition) is 1. The molecule has 31 heavy (non-hydrogen) atoms. The zero-order chi connectivity index (χ0) is 21.6. The van der Waals surface area contributed by atoms with Crippen molar-refractivity contribution in [1.82, 2.24) is 4.90 Å². The molecule has 1 aliphatic carbocycles. The second-order valence-corrected chi connectivity index (χ2v) is 11.5. The molecular weight excluding hydrogens is 414 g/mol. The summed E-state index contributed by atoms with van der Waals surface area (Å²) in [5.41, 5.74) is 2.62. The molecule has 2 atom stereocenters. The fourth-order valence-corrected chi connectivity index (χ4v) is 7.37. The molecule has 0 radical (unpaired) electrons. The van der Waals surface area contributed by atoms with Gasteiger partial charge in [0.05, 0.1) is 18.0 Å². The Kier molecular flexibility index (Phi) is 5.73. The van der Waals surface area contributed by atoms with Crippen LogP contribution >= 0.6 is 0 Å². The van der Waals surface area contributed by atoms with Crippen LogP contribution in [0.1, 0.15) is 56.4 Å². The van der Waals surface area contributed by atoms with Crippen LogP contribution in [-0.4, -0.2) is 63.9 Å². The molecule has 1 N–H and O–H groups in total. The Hall–Kier alpha value is -1.64. The molecule has 0 bridgehead atoms. The standard InChI is InChI=1S/C23H33N3O4S/c1-31(28,29)26-21-7-6-17(24-23(27)16-4-2-3-5-16)14-19(21)20-15-25(11-8-22(20)26)18-9-12-30-13-10-18/h6-7,14,16,18,20,22H,2-5,8-13,15H2,1H3,(H,24,27). The van der Waals surface area contributed by atoms with E-state index < -0.39 is 10.0 Å². The molecular formula is C23H33N3O4S. The van der Waals surface area contributed by atoms with Gasteiger partial charge in [-0.1, -0.05) is 12.8 Å². The summed E-state index contributed by atoms with van der Waals surface area (Å²) in [5, 5.41) is 3.10.